The summed E-state index contributed by atoms with van der Waals surface area (Å²) in [7, 11) is 0. The van der Waals surface area contributed by atoms with Gasteiger partial charge in [-0.15, -0.1) is 0 Å². The van der Waals surface area contributed by atoms with Gasteiger partial charge in [-0.3, -0.25) is 4.79 Å². The van der Waals surface area contributed by atoms with Gasteiger partial charge in [-0.1, -0.05) is 69.3 Å². The molecule has 0 spiro atoms. The number of nitrogens with one attached hydrogen (secondary N) is 1. The van der Waals surface area contributed by atoms with E-state index in [1.165, 1.54) is 11.1 Å². The summed E-state index contributed by atoms with van der Waals surface area (Å²) >= 11 is 0. The second kappa shape index (κ2) is 9.58. The standard InChI is InChI=1S/C28H35NO4/c1-28(2,3)19-14-12-18(13-15-19)25(16-26(30)31)29-27(32)33-17-24-22-10-6-4-8-20(22)21-9-5-7-11-23(21)24/h4-11,18-19,24-25H,12-17H2,1-3H3,(H,29,32)(H,30,31)/t18?,19?,25-/m1/s1. The van der Waals surface area contributed by atoms with Crippen LogP contribution in [-0.4, -0.2) is 29.8 Å². The van der Waals surface area contributed by atoms with Gasteiger partial charge in [-0.05, 0) is 65.2 Å². The third-order valence-electron chi connectivity index (χ3n) is 7.61. The Bertz CT molecular complexity index is 955. The molecule has 0 aromatic heterocycles. The number of alkyl carbamates (subject to hydrolysis) is 1. The van der Waals surface area contributed by atoms with Crippen molar-refractivity contribution in [2.45, 2.75) is 64.8 Å². The van der Waals surface area contributed by atoms with Crippen molar-refractivity contribution in [1.29, 1.82) is 0 Å². The van der Waals surface area contributed by atoms with Gasteiger partial charge in [0.2, 0.25) is 0 Å². The number of carboxylic acid groups (broad SMARTS) is 1. The molecule has 2 aliphatic rings. The van der Waals surface area contributed by atoms with E-state index in [-0.39, 0.29) is 30.3 Å². The molecule has 1 atom stereocenters. The van der Waals surface area contributed by atoms with Crippen molar-refractivity contribution >= 4 is 12.1 Å². The maximum Gasteiger partial charge on any atom is 0.407 e. The van der Waals surface area contributed by atoms with Crippen LogP contribution in [0.2, 0.25) is 0 Å². The molecular formula is C28H35NO4. The molecule has 33 heavy (non-hydrogen) atoms. The molecule has 0 bridgehead atoms. The molecule has 176 valence electrons. The van der Waals surface area contributed by atoms with Crippen LogP contribution in [0.25, 0.3) is 11.1 Å². The third kappa shape index (κ3) is 5.23. The number of ether oxygens (including phenoxy) is 1. The second-order valence-electron chi connectivity index (χ2n) is 10.7. The SMILES string of the molecule is CC(C)(C)C1CCC([C@@H](CC(=O)O)NC(=O)OCC2c3ccccc3-c3ccccc32)CC1. The third-order valence-corrected chi connectivity index (χ3v) is 7.61. The summed E-state index contributed by atoms with van der Waals surface area (Å²) in [6.45, 7) is 7.03. The van der Waals surface area contributed by atoms with Crippen LogP contribution < -0.4 is 5.32 Å². The van der Waals surface area contributed by atoms with Gasteiger partial charge in [-0.25, -0.2) is 4.79 Å². The zero-order valence-corrected chi connectivity index (χ0v) is 19.8. The minimum absolute atomic E-state index is 0.0108. The quantitative estimate of drug-likeness (QED) is 0.549. The lowest BCUT2D eigenvalue weighted by atomic mass is 9.68. The summed E-state index contributed by atoms with van der Waals surface area (Å²) in [6.07, 6.45) is 3.40. The van der Waals surface area contributed by atoms with Crippen molar-refractivity contribution in [3.63, 3.8) is 0 Å². The number of fused-ring (bicyclic) bond motifs is 3. The summed E-state index contributed by atoms with van der Waals surface area (Å²) in [6, 6.07) is 16.0. The van der Waals surface area contributed by atoms with Gasteiger partial charge >= 0.3 is 12.1 Å². The van der Waals surface area contributed by atoms with Crippen LogP contribution in [0, 0.1) is 17.3 Å². The summed E-state index contributed by atoms with van der Waals surface area (Å²) < 4.78 is 5.67. The van der Waals surface area contributed by atoms with Crippen molar-refractivity contribution in [2.75, 3.05) is 6.61 Å². The van der Waals surface area contributed by atoms with Crippen LogP contribution in [0.1, 0.15) is 69.9 Å². The zero-order chi connectivity index (χ0) is 23.6. The molecule has 5 heteroatoms. The van der Waals surface area contributed by atoms with E-state index in [1.807, 2.05) is 24.3 Å². The Balaban J connectivity index is 1.39. The highest BCUT2D eigenvalue weighted by Gasteiger charge is 2.35. The van der Waals surface area contributed by atoms with Gasteiger partial charge in [0.05, 0.1) is 6.42 Å². The smallest absolute Gasteiger partial charge is 0.407 e. The first-order chi connectivity index (χ1) is 15.7. The van der Waals surface area contributed by atoms with Crippen LogP contribution in [-0.2, 0) is 9.53 Å². The van der Waals surface area contributed by atoms with Crippen molar-refractivity contribution < 1.29 is 19.4 Å². The monoisotopic (exact) mass is 449 g/mol. The molecule has 0 aliphatic heterocycles. The van der Waals surface area contributed by atoms with Crippen molar-refractivity contribution in [3.8, 4) is 11.1 Å². The van der Waals surface area contributed by atoms with E-state index in [1.54, 1.807) is 0 Å². The molecule has 0 saturated heterocycles. The van der Waals surface area contributed by atoms with Gasteiger partial charge in [0, 0.05) is 12.0 Å². The highest BCUT2D eigenvalue weighted by Crippen LogP contribution is 2.44. The number of carbonyl (C=O) groups is 2. The molecule has 2 aromatic rings. The first-order valence-electron chi connectivity index (χ1n) is 12.1. The van der Waals surface area contributed by atoms with Crippen LogP contribution in [0.3, 0.4) is 0 Å². The normalized spacial score (nSPS) is 21.1. The van der Waals surface area contributed by atoms with E-state index in [4.69, 9.17) is 4.74 Å². The average molecular weight is 450 g/mol. The molecule has 2 aromatic carbocycles. The predicted molar refractivity (Wildman–Crippen MR) is 129 cm³/mol. The Kier molecular flexibility index (Phi) is 6.78. The van der Waals surface area contributed by atoms with E-state index in [2.05, 4.69) is 50.4 Å². The molecule has 1 fully saturated rings. The largest absolute Gasteiger partial charge is 0.481 e. The lowest BCUT2D eigenvalue weighted by Gasteiger charge is -2.39. The Morgan fingerprint density at radius 2 is 1.52 bits per heavy atom. The van der Waals surface area contributed by atoms with E-state index >= 15 is 0 Å². The van der Waals surface area contributed by atoms with Crippen LogP contribution in [0.5, 0.6) is 0 Å². The van der Waals surface area contributed by atoms with Gasteiger partial charge < -0.3 is 15.2 Å². The molecular weight excluding hydrogens is 414 g/mol. The van der Waals surface area contributed by atoms with E-state index in [9.17, 15) is 14.7 Å². The van der Waals surface area contributed by atoms with Gasteiger partial charge in [0.1, 0.15) is 6.61 Å². The van der Waals surface area contributed by atoms with Crippen LogP contribution in [0.15, 0.2) is 48.5 Å². The van der Waals surface area contributed by atoms with Gasteiger partial charge in [-0.2, -0.15) is 0 Å². The van der Waals surface area contributed by atoms with E-state index < -0.39 is 18.1 Å². The first kappa shape index (κ1) is 23.3. The minimum atomic E-state index is -0.892. The fourth-order valence-electron chi connectivity index (χ4n) is 5.70. The number of benzene rings is 2. The molecule has 2 N–H and O–H groups in total. The Morgan fingerprint density at radius 3 is 2.03 bits per heavy atom. The highest BCUT2D eigenvalue weighted by molar-refractivity contribution is 5.79. The van der Waals surface area contributed by atoms with Gasteiger partial charge in [0.25, 0.3) is 0 Å². The summed E-state index contributed by atoms with van der Waals surface area (Å²) in [5, 5.41) is 12.3. The lowest BCUT2D eigenvalue weighted by Crippen LogP contribution is -2.44. The molecule has 0 unspecified atom stereocenters. The predicted octanol–water partition coefficient (Wildman–Crippen LogP) is 6.22. The highest BCUT2D eigenvalue weighted by atomic mass is 16.5. The Labute approximate surface area is 196 Å². The summed E-state index contributed by atoms with van der Waals surface area (Å²) in [5.41, 5.74) is 4.94. The molecule has 5 nitrogen and oxygen atoms in total. The average Bonchev–Trinajstić information content (AvgIpc) is 3.10. The summed E-state index contributed by atoms with van der Waals surface area (Å²) in [4.78, 5) is 24.3. The molecule has 1 amide bonds. The number of aliphatic carboxylic acids is 1. The number of carboxylic acids is 1. The number of rotatable bonds is 6. The first-order valence-corrected chi connectivity index (χ1v) is 12.1. The molecule has 0 heterocycles. The lowest BCUT2D eigenvalue weighted by molar-refractivity contribution is -0.138. The van der Waals surface area contributed by atoms with E-state index in [0.29, 0.717) is 5.92 Å². The fourth-order valence-corrected chi connectivity index (χ4v) is 5.70. The maximum absolute atomic E-state index is 12.8. The maximum atomic E-state index is 12.8. The number of hydrogen-bond donors (Lipinski definition) is 2. The van der Waals surface area contributed by atoms with Gasteiger partial charge in [0.15, 0.2) is 0 Å². The van der Waals surface area contributed by atoms with Crippen molar-refractivity contribution in [3.05, 3.63) is 59.7 Å². The minimum Gasteiger partial charge on any atom is -0.481 e. The van der Waals surface area contributed by atoms with Crippen LogP contribution in [0.4, 0.5) is 4.79 Å². The number of carbonyl (C=O) groups excluding carboxylic acids is 1. The number of amides is 1. The molecule has 1 saturated carbocycles. The van der Waals surface area contributed by atoms with Crippen LogP contribution >= 0.6 is 0 Å². The summed E-state index contributed by atoms with van der Waals surface area (Å²) in [5.74, 6) is -0.103. The van der Waals surface area contributed by atoms with Crippen molar-refractivity contribution in [2.24, 2.45) is 17.3 Å². The fraction of sp³-hybridized carbons (Fsp3) is 0.500. The zero-order valence-electron chi connectivity index (χ0n) is 19.8. The Morgan fingerprint density at radius 1 is 0.970 bits per heavy atom. The Hall–Kier alpha value is -2.82. The second-order valence-corrected chi connectivity index (χ2v) is 10.7. The van der Waals surface area contributed by atoms with Crippen molar-refractivity contribution in [1.82, 2.24) is 5.32 Å². The topological polar surface area (TPSA) is 75.6 Å². The molecule has 0 radical (unpaired) electrons. The van der Waals surface area contributed by atoms with E-state index in [0.717, 1.165) is 36.8 Å². The molecule has 2 aliphatic carbocycles. The number of hydrogen-bond acceptors (Lipinski definition) is 3. The molecule has 4 rings (SSSR count).